The minimum atomic E-state index is -0.552. The molecular formula is C26H24N2O3. The number of carbonyl (C=O) groups is 2. The molecule has 0 saturated heterocycles. The molecule has 2 aliphatic rings. The molecule has 156 valence electrons. The lowest BCUT2D eigenvalue weighted by atomic mass is 9.63. The summed E-state index contributed by atoms with van der Waals surface area (Å²) in [5.74, 6) is -1.13. The third kappa shape index (κ3) is 2.95. The van der Waals surface area contributed by atoms with Gasteiger partial charge < -0.3 is 10.1 Å². The number of hydrogen-bond acceptors (Lipinski definition) is 5. The van der Waals surface area contributed by atoms with Crippen LogP contribution in [0, 0.1) is 11.3 Å². The highest BCUT2D eigenvalue weighted by molar-refractivity contribution is 6.06. The van der Waals surface area contributed by atoms with E-state index in [1.165, 1.54) is 7.11 Å². The Morgan fingerprint density at radius 2 is 1.94 bits per heavy atom. The van der Waals surface area contributed by atoms with Crippen molar-refractivity contribution in [2.75, 3.05) is 12.4 Å². The predicted octanol–water partition coefficient (Wildman–Crippen LogP) is 4.83. The van der Waals surface area contributed by atoms with Crippen LogP contribution in [-0.2, 0) is 14.3 Å². The van der Waals surface area contributed by atoms with Gasteiger partial charge in [0.05, 0.1) is 7.11 Å². The minimum Gasteiger partial charge on any atom is -0.468 e. The van der Waals surface area contributed by atoms with Crippen molar-refractivity contribution in [2.24, 2.45) is 11.3 Å². The Morgan fingerprint density at radius 3 is 2.68 bits per heavy atom. The quantitative estimate of drug-likeness (QED) is 0.611. The zero-order chi connectivity index (χ0) is 21.8. The highest BCUT2D eigenvalue weighted by Crippen LogP contribution is 2.53. The molecule has 2 aromatic carbocycles. The molecule has 3 aromatic rings. The number of aromatic nitrogens is 1. The van der Waals surface area contributed by atoms with Gasteiger partial charge in [0.15, 0.2) is 5.78 Å². The molecular weight excluding hydrogens is 388 g/mol. The van der Waals surface area contributed by atoms with Crippen LogP contribution in [0.25, 0.3) is 10.8 Å². The average molecular weight is 412 g/mol. The minimum absolute atomic E-state index is 0.0556. The second-order valence-electron chi connectivity index (χ2n) is 8.96. The van der Waals surface area contributed by atoms with Gasteiger partial charge in [0.2, 0.25) is 0 Å². The molecule has 2 atom stereocenters. The van der Waals surface area contributed by atoms with Crippen molar-refractivity contribution in [1.29, 1.82) is 0 Å². The fourth-order valence-electron chi connectivity index (χ4n) is 5.20. The summed E-state index contributed by atoms with van der Waals surface area (Å²) in [7, 11) is 1.40. The molecule has 0 bridgehead atoms. The van der Waals surface area contributed by atoms with E-state index in [-0.39, 0.29) is 24.1 Å². The second-order valence-corrected chi connectivity index (χ2v) is 8.96. The number of benzene rings is 2. The van der Waals surface area contributed by atoms with Crippen LogP contribution in [0.1, 0.15) is 37.3 Å². The summed E-state index contributed by atoms with van der Waals surface area (Å²) in [6.07, 6.45) is 3.82. The summed E-state index contributed by atoms with van der Waals surface area (Å²) in [5.41, 5.74) is 3.64. The number of nitrogens with one attached hydrogen (secondary N) is 1. The smallest absolute Gasteiger partial charge is 0.315 e. The molecule has 0 amide bonds. The van der Waals surface area contributed by atoms with Crippen molar-refractivity contribution < 1.29 is 14.3 Å². The van der Waals surface area contributed by atoms with Gasteiger partial charge in [-0.15, -0.1) is 0 Å². The van der Waals surface area contributed by atoms with Gasteiger partial charge in [-0.25, -0.2) is 0 Å². The SMILES string of the molecule is COC(=O)[C@H]1C2=C(C(=O)CC1(C)C)[C@H](c1cccnc1)c1c(ccc3ccccc13)N2. The number of anilines is 1. The fourth-order valence-corrected chi connectivity index (χ4v) is 5.20. The van der Waals surface area contributed by atoms with E-state index in [4.69, 9.17) is 4.74 Å². The maximum atomic E-state index is 13.6. The summed E-state index contributed by atoms with van der Waals surface area (Å²) in [6, 6.07) is 16.2. The monoisotopic (exact) mass is 412 g/mol. The van der Waals surface area contributed by atoms with E-state index < -0.39 is 11.3 Å². The number of ketones is 1. The van der Waals surface area contributed by atoms with Crippen LogP contribution >= 0.6 is 0 Å². The number of Topliss-reactive ketones (excluding diaryl/α,β-unsaturated/α-hetero) is 1. The molecule has 5 rings (SSSR count). The third-order valence-electron chi connectivity index (χ3n) is 6.55. The number of nitrogens with zero attached hydrogens (tertiary/aromatic N) is 1. The Kier molecular flexibility index (Phi) is 4.43. The van der Waals surface area contributed by atoms with Gasteiger partial charge in [-0.05, 0) is 39.4 Å². The van der Waals surface area contributed by atoms with Gasteiger partial charge in [-0.2, -0.15) is 0 Å². The fraction of sp³-hybridized carbons (Fsp3) is 0.269. The molecule has 5 heteroatoms. The molecule has 1 aliphatic heterocycles. The van der Waals surface area contributed by atoms with Crippen molar-refractivity contribution in [2.45, 2.75) is 26.2 Å². The van der Waals surface area contributed by atoms with Crippen molar-refractivity contribution in [3.8, 4) is 0 Å². The van der Waals surface area contributed by atoms with Crippen LogP contribution in [0.2, 0.25) is 0 Å². The van der Waals surface area contributed by atoms with E-state index in [9.17, 15) is 9.59 Å². The Labute approximate surface area is 181 Å². The van der Waals surface area contributed by atoms with Crippen LogP contribution < -0.4 is 5.32 Å². The topological polar surface area (TPSA) is 68.3 Å². The van der Waals surface area contributed by atoms with E-state index in [1.807, 2.05) is 50.4 Å². The van der Waals surface area contributed by atoms with E-state index in [2.05, 4.69) is 28.5 Å². The Bertz CT molecular complexity index is 1240. The number of methoxy groups -OCH3 is 1. The first kappa shape index (κ1) is 19.5. The van der Waals surface area contributed by atoms with Gasteiger partial charge in [0.25, 0.3) is 0 Å². The first-order valence-corrected chi connectivity index (χ1v) is 10.5. The van der Waals surface area contributed by atoms with Crippen LogP contribution in [0.5, 0.6) is 0 Å². The van der Waals surface area contributed by atoms with Crippen LogP contribution in [-0.4, -0.2) is 23.8 Å². The Balaban J connectivity index is 1.85. The normalized spacial score (nSPS) is 21.8. The number of ether oxygens (including phenoxy) is 1. The first-order chi connectivity index (χ1) is 14.9. The summed E-state index contributed by atoms with van der Waals surface area (Å²) < 4.78 is 5.17. The molecule has 31 heavy (non-hydrogen) atoms. The second kappa shape index (κ2) is 7.05. The zero-order valence-corrected chi connectivity index (χ0v) is 17.8. The Hall–Kier alpha value is -3.47. The predicted molar refractivity (Wildman–Crippen MR) is 120 cm³/mol. The van der Waals surface area contributed by atoms with Crippen LogP contribution in [0.3, 0.4) is 0 Å². The van der Waals surface area contributed by atoms with Crippen molar-refractivity contribution in [3.05, 3.63) is 83.3 Å². The molecule has 5 nitrogen and oxygen atoms in total. The van der Waals surface area contributed by atoms with Gasteiger partial charge in [-0.1, -0.05) is 50.2 Å². The first-order valence-electron chi connectivity index (χ1n) is 10.5. The Morgan fingerprint density at radius 1 is 1.13 bits per heavy atom. The van der Waals surface area contributed by atoms with Crippen LogP contribution in [0.15, 0.2) is 72.2 Å². The van der Waals surface area contributed by atoms with Gasteiger partial charge in [0, 0.05) is 41.7 Å². The lowest BCUT2D eigenvalue weighted by Gasteiger charge is -2.44. The van der Waals surface area contributed by atoms with E-state index in [0.717, 1.165) is 27.6 Å². The van der Waals surface area contributed by atoms with Crippen molar-refractivity contribution >= 4 is 28.2 Å². The molecule has 1 N–H and O–H groups in total. The lowest BCUT2D eigenvalue weighted by molar-refractivity contribution is -0.148. The summed E-state index contributed by atoms with van der Waals surface area (Å²) in [6.45, 7) is 3.90. The molecule has 1 aromatic heterocycles. The number of rotatable bonds is 2. The number of carbonyl (C=O) groups excluding carboxylic acids is 2. The molecule has 1 aliphatic carbocycles. The lowest BCUT2D eigenvalue weighted by Crippen LogP contribution is -2.44. The zero-order valence-electron chi connectivity index (χ0n) is 17.8. The number of pyridine rings is 1. The summed E-state index contributed by atoms with van der Waals surface area (Å²) >= 11 is 0. The molecule has 0 unspecified atom stereocenters. The molecule has 0 radical (unpaired) electrons. The molecule has 0 saturated carbocycles. The number of esters is 1. The van der Waals surface area contributed by atoms with Crippen molar-refractivity contribution in [1.82, 2.24) is 4.98 Å². The van der Waals surface area contributed by atoms with E-state index in [0.29, 0.717) is 11.3 Å². The summed E-state index contributed by atoms with van der Waals surface area (Å²) in [5, 5.41) is 5.67. The largest absolute Gasteiger partial charge is 0.468 e. The maximum Gasteiger partial charge on any atom is 0.315 e. The summed E-state index contributed by atoms with van der Waals surface area (Å²) in [4.78, 5) is 30.8. The average Bonchev–Trinajstić information content (AvgIpc) is 2.77. The molecule has 0 fully saturated rings. The maximum absolute atomic E-state index is 13.6. The molecule has 0 spiro atoms. The molecule has 2 heterocycles. The standard InChI is InChI=1S/C26H24N2O3/c1-26(2)13-19(29)22-20(16-8-6-12-27-14-16)21-17-9-5-4-7-15(17)10-11-18(21)28-24(22)23(26)25(30)31-3/h4-12,14,20,23,28H,13H2,1-3H3/t20-,23-/m1/s1. The highest BCUT2D eigenvalue weighted by atomic mass is 16.5. The van der Waals surface area contributed by atoms with Crippen molar-refractivity contribution in [3.63, 3.8) is 0 Å². The van der Waals surface area contributed by atoms with Gasteiger partial charge >= 0.3 is 5.97 Å². The number of hydrogen-bond donors (Lipinski definition) is 1. The van der Waals surface area contributed by atoms with Gasteiger partial charge in [0.1, 0.15) is 5.92 Å². The number of allylic oxidation sites excluding steroid dienone is 1. The van der Waals surface area contributed by atoms with Crippen LogP contribution in [0.4, 0.5) is 5.69 Å². The van der Waals surface area contributed by atoms with E-state index in [1.54, 1.807) is 6.20 Å². The van der Waals surface area contributed by atoms with E-state index >= 15 is 0 Å². The number of fused-ring (bicyclic) bond motifs is 3. The van der Waals surface area contributed by atoms with Gasteiger partial charge in [-0.3, -0.25) is 14.6 Å². The third-order valence-corrected chi connectivity index (χ3v) is 6.55. The highest BCUT2D eigenvalue weighted by Gasteiger charge is 2.50.